The average molecular weight is 672 g/mol. The van der Waals surface area contributed by atoms with Crippen molar-refractivity contribution in [3.8, 4) is 11.3 Å². The molecule has 0 aliphatic carbocycles. The molecule has 0 amide bonds. The number of carbonyl (C=O) groups is 3. The minimum atomic E-state index is -1.26. The lowest BCUT2D eigenvalue weighted by Crippen LogP contribution is -2.41. The molecule has 6 aromatic rings. The summed E-state index contributed by atoms with van der Waals surface area (Å²) in [5.74, 6) is -2.02. The van der Waals surface area contributed by atoms with Crippen LogP contribution in [0.5, 0.6) is 0 Å². The van der Waals surface area contributed by atoms with E-state index in [1.807, 2.05) is 19.1 Å². The molecule has 1 saturated heterocycles. The first-order chi connectivity index (χ1) is 24.3. The molecule has 1 fully saturated rings. The maximum absolute atomic E-state index is 13.5. The number of fused-ring (bicyclic) bond motifs is 1. The van der Waals surface area contributed by atoms with Crippen LogP contribution >= 0.6 is 0 Å². The van der Waals surface area contributed by atoms with Crippen molar-refractivity contribution in [2.45, 2.75) is 31.5 Å². The van der Waals surface area contributed by atoms with Gasteiger partial charge in [0.15, 0.2) is 18.4 Å². The smallest absolute Gasteiger partial charge is 0.338 e. The monoisotopic (exact) mass is 671 g/mol. The van der Waals surface area contributed by atoms with E-state index >= 15 is 0 Å². The number of benzene rings is 4. The van der Waals surface area contributed by atoms with Gasteiger partial charge in [0.1, 0.15) is 24.0 Å². The van der Waals surface area contributed by atoms with E-state index in [2.05, 4.69) is 10.3 Å². The van der Waals surface area contributed by atoms with Gasteiger partial charge in [0.05, 0.1) is 22.9 Å². The molecule has 7 rings (SSSR count). The third-order valence-corrected chi connectivity index (χ3v) is 8.20. The Kier molecular flexibility index (Phi) is 9.00. The number of rotatable bonds is 9. The minimum absolute atomic E-state index is 0.255. The standard InChI is InChI=1S/C38H29N3O9/c1-23-19-32(42)47-30-20-27(17-18-28(23)30)29-21-41(40-39-29)35-34(50-38(45)26-15-9-4-10-16-26)33(49-37(44)25-13-7-3-8-14-25)31(48-35)22-46-36(43)24-11-5-2-6-12-24/h2-21,31,33-35H,22H2,1H3/t31-,33-,34-,35-/m1/s1. The normalized spacial score (nSPS) is 18.4. The van der Waals surface area contributed by atoms with Crippen molar-refractivity contribution in [3.63, 3.8) is 0 Å². The Morgan fingerprint density at radius 3 is 1.94 bits per heavy atom. The van der Waals surface area contributed by atoms with Gasteiger partial charge in [-0.05, 0) is 55.0 Å². The number of hydrogen-bond donors (Lipinski definition) is 0. The van der Waals surface area contributed by atoms with Crippen LogP contribution in [-0.2, 0) is 18.9 Å². The number of ether oxygens (including phenoxy) is 4. The van der Waals surface area contributed by atoms with Gasteiger partial charge < -0.3 is 23.4 Å². The predicted molar refractivity (Wildman–Crippen MR) is 178 cm³/mol. The molecule has 0 bridgehead atoms. The van der Waals surface area contributed by atoms with Gasteiger partial charge in [0.2, 0.25) is 0 Å². The molecule has 250 valence electrons. The van der Waals surface area contributed by atoms with Crippen molar-refractivity contribution in [2.75, 3.05) is 6.61 Å². The molecule has 4 aromatic carbocycles. The predicted octanol–water partition coefficient (Wildman–Crippen LogP) is 5.57. The van der Waals surface area contributed by atoms with Crippen molar-refractivity contribution in [1.29, 1.82) is 0 Å². The second-order valence-corrected chi connectivity index (χ2v) is 11.5. The average Bonchev–Trinajstić information content (AvgIpc) is 3.76. The van der Waals surface area contributed by atoms with Crippen LogP contribution in [0, 0.1) is 6.92 Å². The summed E-state index contributed by atoms with van der Waals surface area (Å²) in [4.78, 5) is 51.8. The number of hydrogen-bond acceptors (Lipinski definition) is 11. The Morgan fingerprint density at radius 1 is 0.740 bits per heavy atom. The van der Waals surface area contributed by atoms with E-state index in [1.54, 1.807) is 103 Å². The van der Waals surface area contributed by atoms with Crippen LogP contribution in [0.2, 0.25) is 0 Å². The van der Waals surface area contributed by atoms with E-state index in [0.717, 1.165) is 10.9 Å². The second kappa shape index (κ2) is 14.0. The number of nitrogens with zero attached hydrogens (tertiary/aromatic N) is 3. The van der Waals surface area contributed by atoms with Crippen molar-refractivity contribution < 1.29 is 37.7 Å². The molecule has 2 aromatic heterocycles. The largest absolute Gasteiger partial charge is 0.459 e. The van der Waals surface area contributed by atoms with Crippen molar-refractivity contribution >= 4 is 28.9 Å². The molecule has 12 heteroatoms. The van der Waals surface area contributed by atoms with E-state index in [0.29, 0.717) is 22.4 Å². The Labute approximate surface area is 284 Å². The lowest BCUT2D eigenvalue weighted by atomic mass is 10.1. The molecule has 12 nitrogen and oxygen atoms in total. The molecule has 0 saturated carbocycles. The molecule has 0 radical (unpaired) electrons. The molecule has 3 heterocycles. The van der Waals surface area contributed by atoms with Crippen LogP contribution in [0.3, 0.4) is 0 Å². The summed E-state index contributed by atoms with van der Waals surface area (Å²) in [5, 5.41) is 9.35. The molecule has 0 unspecified atom stereocenters. The van der Waals surface area contributed by atoms with E-state index < -0.39 is 48.1 Å². The first-order valence-corrected chi connectivity index (χ1v) is 15.7. The van der Waals surface area contributed by atoms with Crippen LogP contribution < -0.4 is 5.63 Å². The van der Waals surface area contributed by atoms with E-state index in [-0.39, 0.29) is 17.7 Å². The molecule has 1 aliphatic rings. The fourth-order valence-corrected chi connectivity index (χ4v) is 5.69. The zero-order chi connectivity index (χ0) is 34.6. The zero-order valence-electron chi connectivity index (χ0n) is 26.6. The maximum atomic E-state index is 13.5. The molecular weight excluding hydrogens is 642 g/mol. The van der Waals surface area contributed by atoms with Gasteiger partial charge in [-0.2, -0.15) is 0 Å². The summed E-state index contributed by atoms with van der Waals surface area (Å²) in [6.45, 7) is 1.47. The van der Waals surface area contributed by atoms with E-state index in [1.165, 1.54) is 10.7 Å². The molecule has 0 spiro atoms. The van der Waals surface area contributed by atoms with Gasteiger partial charge in [0.25, 0.3) is 0 Å². The Balaban J connectivity index is 1.24. The highest BCUT2D eigenvalue weighted by molar-refractivity contribution is 5.91. The molecule has 4 atom stereocenters. The third kappa shape index (κ3) is 6.78. The highest BCUT2D eigenvalue weighted by atomic mass is 16.7. The van der Waals surface area contributed by atoms with Crippen LogP contribution in [0.15, 0.2) is 131 Å². The Morgan fingerprint density at radius 2 is 1.32 bits per heavy atom. The zero-order valence-corrected chi connectivity index (χ0v) is 26.6. The minimum Gasteiger partial charge on any atom is -0.459 e. The van der Waals surface area contributed by atoms with Crippen LogP contribution in [-0.4, -0.2) is 57.8 Å². The van der Waals surface area contributed by atoms with E-state index in [4.69, 9.17) is 23.4 Å². The van der Waals surface area contributed by atoms with Gasteiger partial charge >= 0.3 is 23.5 Å². The summed E-state index contributed by atoms with van der Waals surface area (Å²) < 4.78 is 30.7. The summed E-state index contributed by atoms with van der Waals surface area (Å²) in [6.07, 6.45) is -3.19. The summed E-state index contributed by atoms with van der Waals surface area (Å²) in [7, 11) is 0. The summed E-state index contributed by atoms with van der Waals surface area (Å²) >= 11 is 0. The second-order valence-electron chi connectivity index (χ2n) is 11.5. The molecular formula is C38H29N3O9. The lowest BCUT2D eigenvalue weighted by Gasteiger charge is -2.24. The SMILES string of the molecule is Cc1cc(=O)oc2cc(-c3cn([C@@H]4O[C@H](COC(=O)c5ccccc5)[C@@H](OC(=O)c5ccccc5)[C@H]4OC(=O)c4ccccc4)nn3)ccc12. The number of aryl methyl sites for hydroxylation is 1. The van der Waals surface area contributed by atoms with Crippen LogP contribution in [0.4, 0.5) is 0 Å². The quantitative estimate of drug-likeness (QED) is 0.108. The summed E-state index contributed by atoms with van der Waals surface area (Å²) in [6, 6.07) is 31.7. The summed E-state index contributed by atoms with van der Waals surface area (Å²) in [5.41, 5.74) is 2.47. The highest BCUT2D eigenvalue weighted by Crippen LogP contribution is 2.36. The van der Waals surface area contributed by atoms with Crippen molar-refractivity contribution in [2.24, 2.45) is 0 Å². The van der Waals surface area contributed by atoms with E-state index in [9.17, 15) is 19.2 Å². The van der Waals surface area contributed by atoms with Gasteiger partial charge in [-0.1, -0.05) is 71.9 Å². The van der Waals surface area contributed by atoms with Gasteiger partial charge in [-0.25, -0.2) is 23.9 Å². The fourth-order valence-electron chi connectivity index (χ4n) is 5.69. The van der Waals surface area contributed by atoms with Gasteiger partial charge in [-0.3, -0.25) is 0 Å². The van der Waals surface area contributed by atoms with Crippen molar-refractivity contribution in [3.05, 3.63) is 154 Å². The maximum Gasteiger partial charge on any atom is 0.338 e. The highest BCUT2D eigenvalue weighted by Gasteiger charge is 2.52. The van der Waals surface area contributed by atoms with Gasteiger partial charge in [0, 0.05) is 17.0 Å². The number of esters is 3. The van der Waals surface area contributed by atoms with Gasteiger partial charge in [-0.15, -0.1) is 5.10 Å². The first kappa shape index (κ1) is 32.2. The molecule has 1 aliphatic heterocycles. The molecule has 0 N–H and O–H groups in total. The first-order valence-electron chi connectivity index (χ1n) is 15.7. The van der Waals surface area contributed by atoms with Crippen molar-refractivity contribution in [1.82, 2.24) is 15.0 Å². The van der Waals surface area contributed by atoms with Crippen LogP contribution in [0.25, 0.3) is 22.2 Å². The Hall–Kier alpha value is -6.40. The van der Waals surface area contributed by atoms with Crippen LogP contribution in [0.1, 0.15) is 42.9 Å². The molecule has 50 heavy (non-hydrogen) atoms. The Bertz CT molecular complexity index is 2220. The number of carbonyl (C=O) groups excluding carboxylic acids is 3. The number of aromatic nitrogens is 3. The third-order valence-electron chi connectivity index (χ3n) is 8.20. The fraction of sp³-hybridized carbons (Fsp3) is 0.158. The topological polar surface area (TPSA) is 149 Å². The lowest BCUT2D eigenvalue weighted by molar-refractivity contribution is -0.0678.